The summed E-state index contributed by atoms with van der Waals surface area (Å²) in [6.45, 7) is 5.50. The van der Waals surface area contributed by atoms with Crippen molar-refractivity contribution in [3.05, 3.63) is 182 Å². The first-order chi connectivity index (χ1) is 21.3. The van der Waals surface area contributed by atoms with Gasteiger partial charge in [0.05, 0.1) is 0 Å². The van der Waals surface area contributed by atoms with Crippen molar-refractivity contribution < 1.29 is 21.5 Å². The van der Waals surface area contributed by atoms with Crippen molar-refractivity contribution in [3.8, 4) is 6.57 Å². The average Bonchev–Trinajstić information content (AvgIpc) is 3.13. The Labute approximate surface area is 263 Å². The number of hydrogen-bond acceptors (Lipinski definition) is 2. The van der Waals surface area contributed by atoms with E-state index in [-0.39, 0.29) is 0 Å². The third-order valence-corrected chi connectivity index (χ3v) is 44.4. The average molecular weight is 776 g/mol. The SMILES string of the molecule is C#N.C=O.c1ccc([PH]([Ir][PH](c2ccccc2)(c2ccccc2)c2ccccc2)(c2ccccc2)c2ccccc2)cc1. The Morgan fingerprint density at radius 3 is 0.628 bits per heavy atom. The van der Waals surface area contributed by atoms with E-state index >= 15 is 0 Å². The monoisotopic (exact) mass is 776 g/mol. The Balaban J connectivity index is 0.00000102. The molecule has 0 saturated carbocycles. The molecule has 0 bridgehead atoms. The first-order valence-corrected chi connectivity index (χ1v) is 24.7. The summed E-state index contributed by atoms with van der Waals surface area (Å²) < 4.78 is 0. The summed E-state index contributed by atoms with van der Waals surface area (Å²) >= 11 is -0.688. The molecule has 2 nitrogen and oxygen atoms in total. The van der Waals surface area contributed by atoms with Crippen LogP contribution in [0.15, 0.2) is 182 Å². The first kappa shape index (κ1) is 31.9. The van der Waals surface area contributed by atoms with Crippen LogP contribution in [0.25, 0.3) is 0 Å². The fraction of sp³-hybridized carbons (Fsp3) is 0. The molecule has 0 aliphatic carbocycles. The normalized spacial score (nSPS) is 11.6. The first-order valence-electron chi connectivity index (χ1n) is 13.8. The van der Waals surface area contributed by atoms with Crippen LogP contribution < -0.4 is 31.8 Å². The zero-order chi connectivity index (χ0) is 30.4. The molecule has 43 heavy (non-hydrogen) atoms. The third kappa shape index (κ3) is 6.65. The van der Waals surface area contributed by atoms with Gasteiger partial charge in [-0.15, -0.1) is 0 Å². The molecule has 0 fully saturated rings. The number of carbonyl (C=O) groups is 1. The molecule has 0 N–H and O–H groups in total. The molecular weight excluding hydrogens is 741 g/mol. The van der Waals surface area contributed by atoms with Crippen molar-refractivity contribution in [2.75, 3.05) is 0 Å². The van der Waals surface area contributed by atoms with Gasteiger partial charge in [0.15, 0.2) is 0 Å². The molecule has 0 atom stereocenters. The number of rotatable bonds is 8. The molecule has 0 spiro atoms. The van der Waals surface area contributed by atoms with E-state index in [1.54, 1.807) is 0 Å². The van der Waals surface area contributed by atoms with Gasteiger partial charge in [-0.3, -0.25) is 0 Å². The zero-order valence-corrected chi connectivity index (χ0v) is 28.2. The maximum absolute atomic E-state index is 8.00. The molecule has 217 valence electrons. The van der Waals surface area contributed by atoms with Crippen LogP contribution >= 0.6 is 11.0 Å². The molecular formula is C38H35IrNOP2. The number of benzene rings is 6. The number of carbonyl (C=O) groups excluding carboxylic acids is 1. The van der Waals surface area contributed by atoms with Gasteiger partial charge in [-0.1, -0.05) is 0 Å². The summed E-state index contributed by atoms with van der Waals surface area (Å²) in [5.74, 6) is 0. The fourth-order valence-electron chi connectivity index (χ4n) is 5.44. The van der Waals surface area contributed by atoms with Crippen LogP contribution in [0.4, 0.5) is 0 Å². The summed E-state index contributed by atoms with van der Waals surface area (Å²) in [7, 11) is 0. The molecule has 6 aromatic carbocycles. The Bertz CT molecular complexity index is 1350. The van der Waals surface area contributed by atoms with Crippen LogP contribution in [0.2, 0.25) is 0 Å². The molecule has 5 heteroatoms. The van der Waals surface area contributed by atoms with Crippen molar-refractivity contribution in [1.82, 2.24) is 0 Å². The van der Waals surface area contributed by atoms with Crippen molar-refractivity contribution in [3.63, 3.8) is 0 Å². The topological polar surface area (TPSA) is 40.9 Å². The number of nitriles is 1. The van der Waals surface area contributed by atoms with Crippen molar-refractivity contribution in [2.45, 2.75) is 0 Å². The third-order valence-electron chi connectivity index (χ3n) is 7.20. The van der Waals surface area contributed by atoms with E-state index in [4.69, 9.17) is 10.1 Å². The Hall–Kier alpha value is -4.01. The second-order valence-corrected chi connectivity index (χ2v) is 32.3. The van der Waals surface area contributed by atoms with Gasteiger partial charge < -0.3 is 4.79 Å². The molecule has 0 aliphatic heterocycles. The molecule has 0 radical (unpaired) electrons. The van der Waals surface area contributed by atoms with Crippen LogP contribution in [0.5, 0.6) is 0 Å². The Kier molecular flexibility index (Phi) is 11.9. The minimum atomic E-state index is -2.42. The van der Waals surface area contributed by atoms with E-state index in [1.165, 1.54) is 31.8 Å². The summed E-state index contributed by atoms with van der Waals surface area (Å²) in [5.41, 5.74) is -4.84. The summed E-state index contributed by atoms with van der Waals surface area (Å²) in [6.07, 6.45) is 0. The second-order valence-electron chi connectivity index (χ2n) is 9.53. The van der Waals surface area contributed by atoms with Crippen LogP contribution in [-0.4, -0.2) is 6.79 Å². The van der Waals surface area contributed by atoms with Crippen molar-refractivity contribution >= 4 is 49.6 Å². The van der Waals surface area contributed by atoms with E-state index in [2.05, 4.69) is 189 Å². The van der Waals surface area contributed by atoms with Crippen LogP contribution in [0, 0.1) is 11.8 Å². The van der Waals surface area contributed by atoms with Gasteiger partial charge in [0.2, 0.25) is 0 Å². The van der Waals surface area contributed by atoms with Crippen LogP contribution in [-0.2, 0) is 21.5 Å². The molecule has 0 aromatic heterocycles. The van der Waals surface area contributed by atoms with Gasteiger partial charge in [0, 0.05) is 6.57 Å². The molecule has 0 saturated heterocycles. The van der Waals surface area contributed by atoms with Crippen molar-refractivity contribution in [2.24, 2.45) is 0 Å². The van der Waals surface area contributed by atoms with E-state index in [9.17, 15) is 0 Å². The summed E-state index contributed by atoms with van der Waals surface area (Å²) in [4.78, 5) is 8.00. The van der Waals surface area contributed by atoms with Crippen LogP contribution in [0.3, 0.4) is 0 Å². The second kappa shape index (κ2) is 16.0. The summed E-state index contributed by atoms with van der Waals surface area (Å²) in [6, 6.07) is 68.8. The van der Waals surface area contributed by atoms with Gasteiger partial charge in [-0.25, -0.2) is 5.26 Å². The number of hydrogen-bond donors (Lipinski definition) is 0. The van der Waals surface area contributed by atoms with E-state index < -0.39 is 27.7 Å². The Morgan fingerprint density at radius 2 is 0.488 bits per heavy atom. The quantitative estimate of drug-likeness (QED) is 0.170. The van der Waals surface area contributed by atoms with E-state index in [0.29, 0.717) is 0 Å². The maximum atomic E-state index is 8.00. The van der Waals surface area contributed by atoms with Gasteiger partial charge >= 0.3 is 242 Å². The molecule has 0 aliphatic rings. The standard InChI is InChI=1S/2C18H15P.CHN.CH2O.Ir/c2*1-4-10-16(11-5-1)19(17-12-6-2-7-13-17)18-14-8-3-9-15-18;2*1-2;/h2*1-15H;1H;1H2;/q;;;;-2/p+2. The van der Waals surface area contributed by atoms with Crippen LogP contribution in [0.1, 0.15) is 0 Å². The van der Waals surface area contributed by atoms with Gasteiger partial charge in [0.1, 0.15) is 6.79 Å². The summed E-state index contributed by atoms with van der Waals surface area (Å²) in [5, 5.41) is 15.6. The molecule has 6 rings (SSSR count). The Morgan fingerprint density at radius 1 is 0.349 bits per heavy atom. The van der Waals surface area contributed by atoms with Gasteiger partial charge in [0.25, 0.3) is 0 Å². The van der Waals surface area contributed by atoms with Gasteiger partial charge in [-0.2, -0.15) is 0 Å². The molecule has 6 aromatic rings. The van der Waals surface area contributed by atoms with E-state index in [1.807, 2.05) is 6.79 Å². The predicted molar refractivity (Wildman–Crippen MR) is 187 cm³/mol. The minimum absolute atomic E-state index is 0.688. The number of nitrogens with zero attached hydrogens (tertiary/aromatic N) is 1. The van der Waals surface area contributed by atoms with Gasteiger partial charge in [-0.05, 0) is 0 Å². The zero-order valence-electron chi connectivity index (χ0n) is 23.8. The molecule has 0 heterocycles. The van der Waals surface area contributed by atoms with Crippen molar-refractivity contribution in [1.29, 1.82) is 5.26 Å². The van der Waals surface area contributed by atoms with E-state index in [0.717, 1.165) is 0 Å². The molecule has 0 unspecified atom stereocenters. The molecule has 0 amide bonds. The fourth-order valence-corrected chi connectivity index (χ4v) is 53.0. The predicted octanol–water partition coefficient (Wildman–Crippen LogP) is 6.31.